The molecule has 0 saturated heterocycles. The van der Waals surface area contributed by atoms with Gasteiger partial charge in [-0.1, -0.05) is 19.3 Å². The van der Waals surface area contributed by atoms with E-state index >= 15 is 0 Å². The van der Waals surface area contributed by atoms with Crippen LogP contribution in [0.5, 0.6) is 0 Å². The van der Waals surface area contributed by atoms with Gasteiger partial charge in [0.05, 0.1) is 11.5 Å². The summed E-state index contributed by atoms with van der Waals surface area (Å²) in [5.41, 5.74) is 0.450. The summed E-state index contributed by atoms with van der Waals surface area (Å²) in [6.07, 6.45) is 5.65. The summed E-state index contributed by atoms with van der Waals surface area (Å²) in [5.74, 6) is -0.897. The van der Waals surface area contributed by atoms with Crippen molar-refractivity contribution in [2.24, 2.45) is 5.92 Å². The molecule has 0 radical (unpaired) electrons. The van der Waals surface area contributed by atoms with Crippen LogP contribution in [-0.4, -0.2) is 23.0 Å². The van der Waals surface area contributed by atoms with Crippen molar-refractivity contribution >= 4 is 11.9 Å². The van der Waals surface area contributed by atoms with Gasteiger partial charge in [-0.05, 0) is 25.8 Å². The van der Waals surface area contributed by atoms with Gasteiger partial charge in [0.15, 0.2) is 0 Å². The number of aliphatic carboxylic acids is 1. The Labute approximate surface area is 112 Å². The standard InChI is InChI=1S/C14H19NO4/c1-9-7-10(8-19-9)13(16)15-12-6-4-2-3-5-11(12)14(17)18/h7-8,11-12H,2-6H2,1H3,(H,15,16)(H,17,18). The number of carboxylic acid groups (broad SMARTS) is 1. The first kappa shape index (κ1) is 13.6. The lowest BCUT2D eigenvalue weighted by Gasteiger charge is -2.22. The van der Waals surface area contributed by atoms with Crippen LogP contribution >= 0.6 is 0 Å². The number of carbonyl (C=O) groups excluding carboxylic acids is 1. The molecule has 5 heteroatoms. The fraction of sp³-hybridized carbons (Fsp3) is 0.571. The monoisotopic (exact) mass is 265 g/mol. The zero-order valence-corrected chi connectivity index (χ0v) is 11.0. The van der Waals surface area contributed by atoms with Crippen LogP contribution in [0.4, 0.5) is 0 Å². The molecule has 1 amide bonds. The topological polar surface area (TPSA) is 79.5 Å². The van der Waals surface area contributed by atoms with Crippen molar-refractivity contribution in [2.45, 2.75) is 45.1 Å². The highest BCUT2D eigenvalue weighted by Gasteiger charge is 2.30. The molecule has 2 atom stereocenters. The SMILES string of the molecule is Cc1cc(C(=O)NC2CCCCCC2C(=O)O)co1. The van der Waals surface area contributed by atoms with Crippen LogP contribution in [0.25, 0.3) is 0 Å². The maximum Gasteiger partial charge on any atom is 0.308 e. The minimum Gasteiger partial charge on any atom is -0.481 e. The molecule has 1 aliphatic carbocycles. The van der Waals surface area contributed by atoms with Crippen LogP contribution in [0.3, 0.4) is 0 Å². The lowest BCUT2D eigenvalue weighted by Crippen LogP contribution is -2.42. The fourth-order valence-electron chi connectivity index (χ4n) is 2.59. The van der Waals surface area contributed by atoms with E-state index in [4.69, 9.17) is 4.42 Å². The van der Waals surface area contributed by atoms with E-state index in [1.54, 1.807) is 13.0 Å². The summed E-state index contributed by atoms with van der Waals surface area (Å²) in [4.78, 5) is 23.3. The highest BCUT2D eigenvalue weighted by molar-refractivity contribution is 5.94. The molecular formula is C14H19NO4. The number of hydrogen-bond acceptors (Lipinski definition) is 3. The molecule has 1 heterocycles. The highest BCUT2D eigenvalue weighted by atomic mass is 16.4. The van der Waals surface area contributed by atoms with Crippen molar-refractivity contribution in [1.29, 1.82) is 0 Å². The first-order valence-corrected chi connectivity index (χ1v) is 6.66. The number of rotatable bonds is 3. The summed E-state index contributed by atoms with van der Waals surface area (Å²) < 4.78 is 5.10. The average Bonchev–Trinajstić information content (AvgIpc) is 2.65. The molecule has 2 unspecified atom stereocenters. The zero-order valence-electron chi connectivity index (χ0n) is 11.0. The molecule has 1 aromatic heterocycles. The molecule has 2 rings (SSSR count). The predicted octanol–water partition coefficient (Wildman–Crippen LogP) is 2.35. The maximum atomic E-state index is 12.0. The third-order valence-corrected chi connectivity index (χ3v) is 3.64. The van der Waals surface area contributed by atoms with Gasteiger partial charge < -0.3 is 14.8 Å². The van der Waals surface area contributed by atoms with Crippen molar-refractivity contribution < 1.29 is 19.1 Å². The number of carboxylic acids is 1. The van der Waals surface area contributed by atoms with Gasteiger partial charge in [0.1, 0.15) is 12.0 Å². The third-order valence-electron chi connectivity index (χ3n) is 3.64. The molecule has 104 valence electrons. The Morgan fingerprint density at radius 1 is 1.32 bits per heavy atom. The first-order chi connectivity index (χ1) is 9.08. The van der Waals surface area contributed by atoms with Gasteiger partial charge in [0.25, 0.3) is 5.91 Å². The van der Waals surface area contributed by atoms with Gasteiger partial charge in [-0.2, -0.15) is 0 Å². The molecule has 1 fully saturated rings. The molecule has 1 saturated carbocycles. The van der Waals surface area contributed by atoms with Crippen LogP contribution in [0.1, 0.15) is 48.2 Å². The van der Waals surface area contributed by atoms with E-state index in [2.05, 4.69) is 5.32 Å². The summed E-state index contributed by atoms with van der Waals surface area (Å²) in [6, 6.07) is 1.37. The number of furan rings is 1. The second-order valence-electron chi connectivity index (χ2n) is 5.11. The lowest BCUT2D eigenvalue weighted by molar-refractivity contribution is -0.142. The number of nitrogens with one attached hydrogen (secondary N) is 1. The number of carbonyl (C=O) groups is 2. The average molecular weight is 265 g/mol. The molecule has 1 aromatic rings. The van der Waals surface area contributed by atoms with Crippen molar-refractivity contribution in [1.82, 2.24) is 5.32 Å². The smallest absolute Gasteiger partial charge is 0.308 e. The Morgan fingerprint density at radius 2 is 2.05 bits per heavy atom. The predicted molar refractivity (Wildman–Crippen MR) is 68.9 cm³/mol. The number of hydrogen-bond donors (Lipinski definition) is 2. The first-order valence-electron chi connectivity index (χ1n) is 6.66. The highest BCUT2D eigenvalue weighted by Crippen LogP contribution is 2.24. The maximum absolute atomic E-state index is 12.0. The molecule has 19 heavy (non-hydrogen) atoms. The molecule has 0 aromatic carbocycles. The van der Waals surface area contributed by atoms with Gasteiger partial charge >= 0.3 is 5.97 Å². The van der Waals surface area contributed by atoms with Crippen LogP contribution in [-0.2, 0) is 4.79 Å². The lowest BCUT2D eigenvalue weighted by atomic mass is 9.94. The summed E-state index contributed by atoms with van der Waals surface area (Å²) >= 11 is 0. The number of amides is 1. The molecule has 0 bridgehead atoms. The Morgan fingerprint density at radius 3 is 2.68 bits per heavy atom. The van der Waals surface area contributed by atoms with E-state index in [9.17, 15) is 14.7 Å². The molecule has 0 aliphatic heterocycles. The van der Waals surface area contributed by atoms with Crippen LogP contribution in [0.2, 0.25) is 0 Å². The Hall–Kier alpha value is -1.78. The zero-order chi connectivity index (χ0) is 13.8. The molecular weight excluding hydrogens is 246 g/mol. The quantitative estimate of drug-likeness (QED) is 0.822. The molecule has 0 spiro atoms. The van der Waals surface area contributed by atoms with Gasteiger partial charge in [0.2, 0.25) is 0 Å². The summed E-state index contributed by atoms with van der Waals surface area (Å²) in [5, 5.41) is 12.1. The van der Waals surface area contributed by atoms with Gasteiger partial charge in [-0.25, -0.2) is 0 Å². The molecule has 5 nitrogen and oxygen atoms in total. The Bertz CT molecular complexity index is 466. The minimum atomic E-state index is -0.824. The largest absolute Gasteiger partial charge is 0.481 e. The number of aryl methyl sites for hydroxylation is 1. The van der Waals surface area contributed by atoms with E-state index in [-0.39, 0.29) is 11.9 Å². The normalized spacial score (nSPS) is 23.6. The van der Waals surface area contributed by atoms with Gasteiger partial charge in [-0.15, -0.1) is 0 Å². The van der Waals surface area contributed by atoms with E-state index in [1.165, 1.54) is 6.26 Å². The summed E-state index contributed by atoms with van der Waals surface area (Å²) in [6.45, 7) is 1.77. The van der Waals surface area contributed by atoms with Crippen LogP contribution in [0.15, 0.2) is 16.7 Å². The van der Waals surface area contributed by atoms with Gasteiger partial charge in [0, 0.05) is 6.04 Å². The fourth-order valence-corrected chi connectivity index (χ4v) is 2.59. The second-order valence-corrected chi connectivity index (χ2v) is 5.11. The van der Waals surface area contributed by atoms with Crippen LogP contribution < -0.4 is 5.32 Å². The van der Waals surface area contributed by atoms with E-state index < -0.39 is 11.9 Å². The van der Waals surface area contributed by atoms with E-state index in [0.29, 0.717) is 17.7 Å². The Balaban J connectivity index is 2.06. The van der Waals surface area contributed by atoms with Crippen molar-refractivity contribution in [2.75, 3.05) is 0 Å². The van der Waals surface area contributed by atoms with Gasteiger partial charge in [-0.3, -0.25) is 9.59 Å². The van der Waals surface area contributed by atoms with Crippen molar-refractivity contribution in [3.05, 3.63) is 23.7 Å². The Kier molecular flexibility index (Phi) is 4.24. The third kappa shape index (κ3) is 3.36. The second kappa shape index (κ2) is 5.91. The van der Waals surface area contributed by atoms with Crippen molar-refractivity contribution in [3.63, 3.8) is 0 Å². The molecule has 1 aliphatic rings. The van der Waals surface area contributed by atoms with E-state index in [0.717, 1.165) is 25.7 Å². The summed E-state index contributed by atoms with van der Waals surface area (Å²) in [7, 11) is 0. The van der Waals surface area contributed by atoms with E-state index in [1.807, 2.05) is 0 Å². The molecule has 2 N–H and O–H groups in total. The minimum absolute atomic E-state index is 0.255. The van der Waals surface area contributed by atoms with Crippen molar-refractivity contribution in [3.8, 4) is 0 Å². The van der Waals surface area contributed by atoms with Crippen LogP contribution in [0, 0.1) is 12.8 Å².